The van der Waals surface area contributed by atoms with E-state index in [1.165, 1.54) is 24.3 Å². The number of carboxylic acid groups (broad SMARTS) is 1. The smallest absolute Gasteiger partial charge is 0.326 e. The van der Waals surface area contributed by atoms with E-state index in [4.69, 9.17) is 17.2 Å². The largest absolute Gasteiger partial charge is 0.508 e. The molecule has 2 rings (SSSR count). The second kappa shape index (κ2) is 14.8. The molecule has 4 atom stereocenters. The van der Waals surface area contributed by atoms with Gasteiger partial charge in [-0.15, -0.1) is 0 Å². The van der Waals surface area contributed by atoms with E-state index in [0.29, 0.717) is 11.1 Å². The lowest BCUT2D eigenvalue weighted by atomic mass is 10.0. The molecule has 0 saturated carbocycles. The number of hydrogen-bond donors (Lipinski definition) is 8. The maximum atomic E-state index is 13.4. The van der Waals surface area contributed by atoms with Gasteiger partial charge in [0, 0.05) is 12.8 Å². The number of aromatic hydroxyl groups is 1. The molecule has 2 aromatic carbocycles. The number of carboxylic acids is 1. The summed E-state index contributed by atoms with van der Waals surface area (Å²) < 4.78 is 0. The third-order valence-corrected chi connectivity index (χ3v) is 5.70. The quantitative estimate of drug-likeness (QED) is 0.118. The molecule has 0 heterocycles. The van der Waals surface area contributed by atoms with Crippen molar-refractivity contribution in [2.24, 2.45) is 17.2 Å². The summed E-state index contributed by atoms with van der Waals surface area (Å²) in [5, 5.41) is 26.1. The standard InChI is InChI=1S/C26H32N6O8/c27-17(12-21(28)34)23(36)30-18(11-15-6-8-16(33)9-7-15)24(37)31-19(10-14-4-2-1-3-5-14)25(38)32-20(26(39)40)13-22(29)35/h1-9,17-20,33H,10-13,27H2,(H2,28,34)(H2,29,35)(H,30,36)(H,31,37)(H,32,38)(H,39,40). The first-order valence-electron chi connectivity index (χ1n) is 12.1. The zero-order valence-corrected chi connectivity index (χ0v) is 21.4. The average Bonchev–Trinajstić information content (AvgIpc) is 2.88. The Labute approximate surface area is 229 Å². The molecule has 11 N–H and O–H groups in total. The lowest BCUT2D eigenvalue weighted by Crippen LogP contribution is -2.58. The Kier molecular flexibility index (Phi) is 11.6. The Balaban J connectivity index is 2.33. The summed E-state index contributed by atoms with van der Waals surface area (Å²) in [6.45, 7) is 0. The molecule has 0 saturated heterocycles. The minimum absolute atomic E-state index is 0.0270. The van der Waals surface area contributed by atoms with E-state index in [0.717, 1.165) is 0 Å². The van der Waals surface area contributed by atoms with E-state index in [2.05, 4.69) is 16.0 Å². The SMILES string of the molecule is NC(=O)CC(N)C(=O)NC(Cc1ccc(O)cc1)C(=O)NC(Cc1ccccc1)C(=O)NC(CC(N)=O)C(=O)O. The van der Waals surface area contributed by atoms with Gasteiger partial charge >= 0.3 is 5.97 Å². The monoisotopic (exact) mass is 556 g/mol. The third-order valence-electron chi connectivity index (χ3n) is 5.70. The van der Waals surface area contributed by atoms with Crippen molar-refractivity contribution < 1.29 is 39.0 Å². The van der Waals surface area contributed by atoms with Gasteiger partial charge in [0.15, 0.2) is 0 Å². The van der Waals surface area contributed by atoms with Crippen LogP contribution in [-0.4, -0.2) is 69.9 Å². The first kappa shape index (κ1) is 31.2. The van der Waals surface area contributed by atoms with Gasteiger partial charge in [0.05, 0.1) is 18.9 Å². The molecule has 14 heteroatoms. The summed E-state index contributed by atoms with van der Waals surface area (Å²) in [5.41, 5.74) is 17.1. The Bertz CT molecular complexity index is 1220. The van der Waals surface area contributed by atoms with Crippen molar-refractivity contribution in [3.05, 3.63) is 65.7 Å². The molecule has 5 amide bonds. The number of nitrogens with two attached hydrogens (primary N) is 3. The van der Waals surface area contributed by atoms with Crippen molar-refractivity contribution >= 4 is 35.5 Å². The lowest BCUT2D eigenvalue weighted by molar-refractivity contribution is -0.143. The number of rotatable bonds is 15. The second-order valence-electron chi connectivity index (χ2n) is 9.03. The molecular formula is C26H32N6O8. The molecule has 0 fully saturated rings. The molecule has 0 spiro atoms. The molecule has 0 aliphatic heterocycles. The second-order valence-corrected chi connectivity index (χ2v) is 9.03. The fourth-order valence-corrected chi connectivity index (χ4v) is 3.67. The van der Waals surface area contributed by atoms with Gasteiger partial charge in [-0.05, 0) is 23.3 Å². The number of aliphatic carboxylic acids is 1. The predicted molar refractivity (Wildman–Crippen MR) is 141 cm³/mol. The van der Waals surface area contributed by atoms with Crippen molar-refractivity contribution in [2.75, 3.05) is 0 Å². The van der Waals surface area contributed by atoms with Gasteiger partial charge in [-0.3, -0.25) is 24.0 Å². The summed E-state index contributed by atoms with van der Waals surface area (Å²) in [6, 6.07) is 8.67. The van der Waals surface area contributed by atoms with E-state index >= 15 is 0 Å². The molecule has 14 nitrogen and oxygen atoms in total. The maximum absolute atomic E-state index is 13.4. The molecule has 214 valence electrons. The zero-order valence-electron chi connectivity index (χ0n) is 21.4. The van der Waals surface area contributed by atoms with Crippen molar-refractivity contribution in [1.82, 2.24) is 16.0 Å². The number of carbonyl (C=O) groups excluding carboxylic acids is 5. The summed E-state index contributed by atoms with van der Waals surface area (Å²) >= 11 is 0. The fraction of sp³-hybridized carbons (Fsp3) is 0.308. The van der Waals surface area contributed by atoms with Crippen LogP contribution in [0.5, 0.6) is 5.75 Å². The number of phenolic OH excluding ortho intramolecular Hbond substituents is 1. The Morgan fingerprint density at radius 3 is 1.57 bits per heavy atom. The van der Waals surface area contributed by atoms with Crippen LogP contribution in [0.2, 0.25) is 0 Å². The minimum atomic E-state index is -1.64. The van der Waals surface area contributed by atoms with Crippen LogP contribution in [0.25, 0.3) is 0 Å². The van der Waals surface area contributed by atoms with Gasteiger partial charge in [-0.2, -0.15) is 0 Å². The molecule has 0 bridgehead atoms. The Morgan fingerprint density at radius 1 is 0.650 bits per heavy atom. The van der Waals surface area contributed by atoms with Crippen LogP contribution in [0.15, 0.2) is 54.6 Å². The third kappa shape index (κ3) is 10.4. The van der Waals surface area contributed by atoms with Crippen LogP contribution in [0.4, 0.5) is 0 Å². The number of amides is 5. The van der Waals surface area contributed by atoms with Crippen molar-refractivity contribution in [2.45, 2.75) is 49.9 Å². The van der Waals surface area contributed by atoms with E-state index in [9.17, 15) is 39.0 Å². The molecule has 0 aromatic heterocycles. The number of primary amides is 2. The number of nitrogens with one attached hydrogen (secondary N) is 3. The molecule has 40 heavy (non-hydrogen) atoms. The van der Waals surface area contributed by atoms with Crippen molar-refractivity contribution in [3.63, 3.8) is 0 Å². The van der Waals surface area contributed by atoms with E-state index in [1.54, 1.807) is 30.3 Å². The Hall–Kier alpha value is -4.98. The fourth-order valence-electron chi connectivity index (χ4n) is 3.67. The van der Waals surface area contributed by atoms with Crippen LogP contribution in [0, 0.1) is 0 Å². The topological polar surface area (TPSA) is 257 Å². The number of phenols is 1. The van der Waals surface area contributed by atoms with Crippen molar-refractivity contribution in [1.29, 1.82) is 0 Å². The predicted octanol–water partition coefficient (Wildman–Crippen LogP) is -2.21. The molecular weight excluding hydrogens is 524 g/mol. The number of hydrogen-bond acceptors (Lipinski definition) is 8. The van der Waals surface area contributed by atoms with E-state index in [-0.39, 0.29) is 18.6 Å². The summed E-state index contributed by atoms with van der Waals surface area (Å²) in [5.74, 6) is -5.91. The van der Waals surface area contributed by atoms with Gasteiger partial charge in [0.25, 0.3) is 0 Å². The van der Waals surface area contributed by atoms with Crippen LogP contribution in [0.1, 0.15) is 24.0 Å². The van der Waals surface area contributed by atoms with Gasteiger partial charge in [0.2, 0.25) is 29.5 Å². The summed E-state index contributed by atoms with van der Waals surface area (Å²) in [7, 11) is 0. The summed E-state index contributed by atoms with van der Waals surface area (Å²) in [6.07, 6.45) is -1.32. The molecule has 0 aliphatic rings. The van der Waals surface area contributed by atoms with E-state index in [1.807, 2.05) is 0 Å². The van der Waals surface area contributed by atoms with Crippen LogP contribution in [-0.2, 0) is 41.6 Å². The van der Waals surface area contributed by atoms with Crippen LogP contribution < -0.4 is 33.2 Å². The van der Waals surface area contributed by atoms with Gasteiger partial charge in [-0.25, -0.2) is 4.79 Å². The highest BCUT2D eigenvalue weighted by Crippen LogP contribution is 2.12. The van der Waals surface area contributed by atoms with Gasteiger partial charge < -0.3 is 43.4 Å². The average molecular weight is 557 g/mol. The summed E-state index contributed by atoms with van der Waals surface area (Å²) in [4.78, 5) is 73.2. The maximum Gasteiger partial charge on any atom is 0.326 e. The molecule has 2 aromatic rings. The Morgan fingerprint density at radius 2 is 1.10 bits per heavy atom. The minimum Gasteiger partial charge on any atom is -0.508 e. The van der Waals surface area contributed by atoms with Crippen molar-refractivity contribution in [3.8, 4) is 5.75 Å². The highest BCUT2D eigenvalue weighted by molar-refractivity contribution is 5.95. The first-order chi connectivity index (χ1) is 18.8. The van der Waals surface area contributed by atoms with Gasteiger partial charge in [0.1, 0.15) is 23.9 Å². The number of benzene rings is 2. The number of carbonyl (C=O) groups is 6. The first-order valence-corrected chi connectivity index (χ1v) is 12.1. The zero-order chi connectivity index (χ0) is 29.8. The van der Waals surface area contributed by atoms with Gasteiger partial charge in [-0.1, -0.05) is 42.5 Å². The van der Waals surface area contributed by atoms with E-state index < -0.39 is 72.5 Å². The van der Waals surface area contributed by atoms with Crippen LogP contribution in [0.3, 0.4) is 0 Å². The lowest BCUT2D eigenvalue weighted by Gasteiger charge is -2.25. The highest BCUT2D eigenvalue weighted by atomic mass is 16.4. The molecule has 0 radical (unpaired) electrons. The highest BCUT2D eigenvalue weighted by Gasteiger charge is 2.31. The van der Waals surface area contributed by atoms with Crippen LogP contribution >= 0.6 is 0 Å². The molecule has 0 aliphatic carbocycles. The molecule has 4 unspecified atom stereocenters. The normalized spacial score (nSPS) is 13.6.